The molecule has 2 rings (SSSR count). The summed E-state index contributed by atoms with van der Waals surface area (Å²) in [6, 6.07) is 0.176. The van der Waals surface area contributed by atoms with Crippen molar-refractivity contribution in [1.82, 2.24) is 10.6 Å². The third-order valence-electron chi connectivity index (χ3n) is 2.98. The van der Waals surface area contributed by atoms with Crippen LogP contribution in [0.25, 0.3) is 0 Å². The smallest absolute Gasteiger partial charge is 0.252 e. The number of carbonyl (C=O) groups is 1. The van der Waals surface area contributed by atoms with Crippen molar-refractivity contribution in [2.45, 2.75) is 51.3 Å². The van der Waals surface area contributed by atoms with Gasteiger partial charge in [-0.2, -0.15) is 0 Å². The van der Waals surface area contributed by atoms with Crippen molar-refractivity contribution < 1.29 is 9.53 Å². The summed E-state index contributed by atoms with van der Waals surface area (Å²) < 4.78 is 5.47. The quantitative estimate of drug-likeness (QED) is 0.679. The van der Waals surface area contributed by atoms with Crippen molar-refractivity contribution in [2.24, 2.45) is 4.99 Å². The second-order valence-electron chi connectivity index (χ2n) is 4.87. The van der Waals surface area contributed by atoms with Gasteiger partial charge in [0.05, 0.1) is 6.10 Å². The van der Waals surface area contributed by atoms with Crippen LogP contribution in [0.15, 0.2) is 4.99 Å². The molecule has 1 amide bonds. The summed E-state index contributed by atoms with van der Waals surface area (Å²) in [4.78, 5) is 16.3. The van der Waals surface area contributed by atoms with Crippen molar-refractivity contribution in [3.8, 4) is 0 Å². The molecule has 2 heterocycles. The molecule has 5 heteroatoms. The largest absolute Gasteiger partial charge is 0.378 e. The molecule has 0 bridgehead atoms. The van der Waals surface area contributed by atoms with Gasteiger partial charge in [0.25, 0.3) is 5.91 Å². The monoisotopic (exact) mass is 225 g/mol. The lowest BCUT2D eigenvalue weighted by atomic mass is 9.87. The summed E-state index contributed by atoms with van der Waals surface area (Å²) >= 11 is 0. The van der Waals surface area contributed by atoms with E-state index in [9.17, 15) is 4.79 Å². The molecule has 16 heavy (non-hydrogen) atoms. The van der Waals surface area contributed by atoms with Gasteiger partial charge in [-0.15, -0.1) is 0 Å². The molecule has 5 nitrogen and oxygen atoms in total. The molecule has 1 spiro atoms. The Bertz CT molecular complexity index is 327. The summed E-state index contributed by atoms with van der Waals surface area (Å²) in [6.45, 7) is 6.58. The van der Waals surface area contributed by atoms with Crippen LogP contribution in [0.3, 0.4) is 0 Å². The van der Waals surface area contributed by atoms with E-state index in [4.69, 9.17) is 4.74 Å². The third kappa shape index (κ3) is 2.04. The van der Waals surface area contributed by atoms with Crippen LogP contribution in [-0.4, -0.2) is 36.2 Å². The van der Waals surface area contributed by atoms with E-state index in [0.717, 1.165) is 0 Å². The van der Waals surface area contributed by atoms with Crippen LogP contribution in [-0.2, 0) is 9.53 Å². The highest BCUT2D eigenvalue weighted by atomic mass is 16.5. The summed E-state index contributed by atoms with van der Waals surface area (Å²) in [5.74, 6) is 0.635. The van der Waals surface area contributed by atoms with E-state index in [1.54, 1.807) is 0 Å². The fourth-order valence-electron chi connectivity index (χ4n) is 2.27. The second kappa shape index (κ2) is 4.05. The van der Waals surface area contributed by atoms with Gasteiger partial charge < -0.3 is 10.1 Å². The van der Waals surface area contributed by atoms with E-state index in [-0.39, 0.29) is 18.1 Å². The maximum Gasteiger partial charge on any atom is 0.252 e. The normalized spacial score (nSPS) is 36.9. The van der Waals surface area contributed by atoms with Crippen molar-refractivity contribution in [3.05, 3.63) is 0 Å². The second-order valence-corrected chi connectivity index (χ2v) is 4.87. The van der Waals surface area contributed by atoms with Gasteiger partial charge in [0.1, 0.15) is 5.54 Å². The minimum atomic E-state index is -0.495. The van der Waals surface area contributed by atoms with E-state index in [1.807, 2.05) is 20.8 Å². The summed E-state index contributed by atoms with van der Waals surface area (Å²) in [5.41, 5.74) is -0.495. The molecule has 0 radical (unpaired) electrons. The van der Waals surface area contributed by atoms with Gasteiger partial charge >= 0.3 is 0 Å². The highest BCUT2D eigenvalue weighted by Crippen LogP contribution is 2.27. The molecular formula is C11H19N3O2. The molecule has 2 saturated heterocycles. The Morgan fingerprint density at radius 1 is 1.56 bits per heavy atom. The maximum absolute atomic E-state index is 12.0. The Morgan fingerprint density at radius 3 is 2.94 bits per heavy atom. The molecule has 2 atom stereocenters. The molecule has 0 aromatic heterocycles. The summed E-state index contributed by atoms with van der Waals surface area (Å²) in [5, 5.41) is 6.04. The number of ether oxygens (including phenoxy) is 1. The Hall–Kier alpha value is -1.10. The number of rotatable bonds is 1. The molecule has 2 unspecified atom stereocenters. The fraction of sp³-hybridized carbons (Fsp3) is 0.818. The van der Waals surface area contributed by atoms with E-state index in [1.165, 1.54) is 0 Å². The lowest BCUT2D eigenvalue weighted by molar-refractivity contribution is -0.129. The molecule has 2 aliphatic heterocycles. The molecule has 0 saturated carbocycles. The molecular weight excluding hydrogens is 206 g/mol. The van der Waals surface area contributed by atoms with E-state index < -0.39 is 5.54 Å². The topological polar surface area (TPSA) is 62.7 Å². The van der Waals surface area contributed by atoms with Crippen molar-refractivity contribution in [3.63, 3.8) is 0 Å². The number of amides is 1. The zero-order valence-electron chi connectivity index (χ0n) is 10.0. The highest BCUT2D eigenvalue weighted by molar-refractivity contribution is 6.09. The lowest BCUT2D eigenvalue weighted by Gasteiger charge is -2.34. The van der Waals surface area contributed by atoms with Gasteiger partial charge in [-0.3, -0.25) is 15.1 Å². The Labute approximate surface area is 95.6 Å². The molecule has 2 N–H and O–H groups in total. The SMILES string of the molecule is CC(C)N=C1NC(=O)C2(CCOC(C)C2)N1. The number of hydrogen-bond acceptors (Lipinski definition) is 3. The number of carbonyl (C=O) groups excluding carboxylic acids is 1. The zero-order chi connectivity index (χ0) is 11.8. The first-order chi connectivity index (χ1) is 7.52. The first-order valence-corrected chi connectivity index (χ1v) is 5.81. The fourth-order valence-corrected chi connectivity index (χ4v) is 2.27. The van der Waals surface area contributed by atoms with Gasteiger partial charge in [-0.1, -0.05) is 0 Å². The van der Waals surface area contributed by atoms with Gasteiger partial charge in [-0.05, 0) is 20.8 Å². The van der Waals surface area contributed by atoms with Crippen LogP contribution < -0.4 is 10.6 Å². The van der Waals surface area contributed by atoms with Crippen molar-refractivity contribution >= 4 is 11.9 Å². The van der Waals surface area contributed by atoms with Crippen LogP contribution >= 0.6 is 0 Å². The van der Waals surface area contributed by atoms with Gasteiger partial charge in [0, 0.05) is 25.5 Å². The summed E-state index contributed by atoms with van der Waals surface area (Å²) in [6.07, 6.45) is 1.53. The molecule has 2 fully saturated rings. The van der Waals surface area contributed by atoms with Gasteiger partial charge in [-0.25, -0.2) is 0 Å². The Balaban J connectivity index is 2.14. The van der Waals surface area contributed by atoms with Crippen LogP contribution in [0.1, 0.15) is 33.6 Å². The lowest BCUT2D eigenvalue weighted by Crippen LogP contribution is -2.52. The van der Waals surface area contributed by atoms with Crippen molar-refractivity contribution in [1.29, 1.82) is 0 Å². The number of nitrogens with zero attached hydrogens (tertiary/aromatic N) is 1. The number of nitrogens with one attached hydrogen (secondary N) is 2. The minimum absolute atomic E-state index is 0.0297. The van der Waals surface area contributed by atoms with Gasteiger partial charge in [0.2, 0.25) is 0 Å². The molecule has 90 valence electrons. The van der Waals surface area contributed by atoms with Gasteiger partial charge in [0.15, 0.2) is 5.96 Å². The zero-order valence-corrected chi connectivity index (χ0v) is 10.0. The number of aliphatic imine (C=N–C) groups is 1. The first kappa shape index (κ1) is 11.4. The van der Waals surface area contributed by atoms with E-state index in [0.29, 0.717) is 25.4 Å². The van der Waals surface area contributed by atoms with E-state index in [2.05, 4.69) is 15.6 Å². The average molecular weight is 225 g/mol. The predicted molar refractivity (Wildman–Crippen MR) is 61.2 cm³/mol. The highest BCUT2D eigenvalue weighted by Gasteiger charge is 2.47. The minimum Gasteiger partial charge on any atom is -0.378 e. The molecule has 0 aromatic carbocycles. The Morgan fingerprint density at radius 2 is 2.31 bits per heavy atom. The standard InChI is InChI=1S/C11H19N3O2/c1-7(2)12-10-13-9(15)11(14-10)4-5-16-8(3)6-11/h7-8H,4-6H2,1-3H3,(H2,12,13,14,15). The maximum atomic E-state index is 12.0. The predicted octanol–water partition coefficient (Wildman–Crippen LogP) is 0.408. The third-order valence-corrected chi connectivity index (χ3v) is 2.98. The number of hydrogen-bond donors (Lipinski definition) is 2. The number of guanidine groups is 1. The Kier molecular flexibility index (Phi) is 2.88. The molecule has 0 aliphatic carbocycles. The molecule has 0 aromatic rings. The van der Waals surface area contributed by atoms with Crippen molar-refractivity contribution in [2.75, 3.05) is 6.61 Å². The molecule has 2 aliphatic rings. The van der Waals surface area contributed by atoms with Crippen LogP contribution in [0, 0.1) is 0 Å². The average Bonchev–Trinajstić information content (AvgIpc) is 2.41. The van der Waals surface area contributed by atoms with Crippen LogP contribution in [0.5, 0.6) is 0 Å². The van der Waals surface area contributed by atoms with Crippen LogP contribution in [0.2, 0.25) is 0 Å². The van der Waals surface area contributed by atoms with E-state index >= 15 is 0 Å². The van der Waals surface area contributed by atoms with Crippen LogP contribution in [0.4, 0.5) is 0 Å². The summed E-state index contributed by atoms with van der Waals surface area (Å²) in [7, 11) is 0. The first-order valence-electron chi connectivity index (χ1n) is 5.81.